The van der Waals surface area contributed by atoms with Gasteiger partial charge in [-0.15, -0.1) is 0 Å². The zero-order valence-corrected chi connectivity index (χ0v) is 15.5. The van der Waals surface area contributed by atoms with Crippen LogP contribution in [0.4, 0.5) is 10.1 Å². The van der Waals surface area contributed by atoms with Crippen LogP contribution in [-0.2, 0) is 19.1 Å². The molecule has 0 bridgehead atoms. The molecule has 29 heavy (non-hydrogen) atoms. The lowest BCUT2D eigenvalue weighted by molar-refractivity contribution is -0.154. The Morgan fingerprint density at radius 3 is 2.52 bits per heavy atom. The average Bonchev–Trinajstić information content (AvgIpc) is 3.22. The largest absolute Gasteiger partial charge is 0.468 e. The summed E-state index contributed by atoms with van der Waals surface area (Å²) >= 11 is 0. The molecule has 2 aliphatic rings. The molecule has 8 heteroatoms. The number of fused-ring (bicyclic) bond motifs is 1. The van der Waals surface area contributed by atoms with Gasteiger partial charge < -0.3 is 9.84 Å². The highest BCUT2D eigenvalue weighted by Gasteiger charge is 2.69. The normalized spacial score (nSPS) is 28.5. The van der Waals surface area contributed by atoms with Gasteiger partial charge in [0.15, 0.2) is 5.54 Å². The van der Waals surface area contributed by atoms with E-state index < -0.39 is 53.6 Å². The standard InChI is InChI=1S/C21H19FN2O5/c1-29-20(28)21(11-25)16-15(17(23-21)12-6-5-7-13(22)10-12)18(26)24(19(16)27)14-8-3-2-4-9-14/h2-10,15-17,23,25H,11H2,1H3/t15-,16-,17-,21-/m0/s1. The number of halogens is 1. The van der Waals surface area contributed by atoms with E-state index in [1.54, 1.807) is 36.4 Å². The first-order valence-electron chi connectivity index (χ1n) is 9.10. The molecule has 2 aliphatic heterocycles. The maximum Gasteiger partial charge on any atom is 0.329 e. The summed E-state index contributed by atoms with van der Waals surface area (Å²) < 4.78 is 18.7. The highest BCUT2D eigenvalue weighted by molar-refractivity contribution is 6.24. The van der Waals surface area contributed by atoms with Gasteiger partial charge in [0.1, 0.15) is 5.82 Å². The van der Waals surface area contributed by atoms with Crippen molar-refractivity contribution >= 4 is 23.5 Å². The number of methoxy groups -OCH3 is 1. The number of esters is 1. The Kier molecular flexibility index (Phi) is 4.68. The SMILES string of the molecule is COC(=O)[C@@]1(CO)N[C@@H](c2cccc(F)c2)[C@H]2C(=O)N(c3ccccc3)C(=O)[C@H]21. The maximum absolute atomic E-state index is 13.8. The molecule has 4 atom stereocenters. The molecule has 150 valence electrons. The molecule has 2 amide bonds. The Labute approximate surface area is 166 Å². The van der Waals surface area contributed by atoms with E-state index >= 15 is 0 Å². The summed E-state index contributed by atoms with van der Waals surface area (Å²) in [5.41, 5.74) is -1.05. The number of carbonyl (C=O) groups is 3. The second kappa shape index (κ2) is 7.06. The van der Waals surface area contributed by atoms with E-state index in [9.17, 15) is 23.9 Å². The quantitative estimate of drug-likeness (QED) is 0.593. The van der Waals surface area contributed by atoms with Crippen molar-refractivity contribution in [3.8, 4) is 0 Å². The van der Waals surface area contributed by atoms with Crippen molar-refractivity contribution < 1.29 is 28.6 Å². The predicted molar refractivity (Wildman–Crippen MR) is 100 cm³/mol. The van der Waals surface area contributed by atoms with Crippen LogP contribution in [0.2, 0.25) is 0 Å². The van der Waals surface area contributed by atoms with E-state index in [1.165, 1.54) is 18.2 Å². The van der Waals surface area contributed by atoms with Gasteiger partial charge in [0, 0.05) is 6.04 Å². The third kappa shape index (κ3) is 2.75. The Balaban J connectivity index is 1.87. The molecule has 2 N–H and O–H groups in total. The highest BCUT2D eigenvalue weighted by Crippen LogP contribution is 2.50. The molecule has 2 aromatic carbocycles. The van der Waals surface area contributed by atoms with Crippen LogP contribution in [0.1, 0.15) is 11.6 Å². The molecule has 7 nitrogen and oxygen atoms in total. The Morgan fingerprint density at radius 2 is 1.90 bits per heavy atom. The molecule has 2 heterocycles. The van der Waals surface area contributed by atoms with Gasteiger partial charge in [-0.1, -0.05) is 30.3 Å². The highest BCUT2D eigenvalue weighted by atomic mass is 19.1. The maximum atomic E-state index is 13.8. The van der Waals surface area contributed by atoms with Crippen molar-refractivity contribution in [3.05, 3.63) is 66.0 Å². The number of rotatable bonds is 4. The van der Waals surface area contributed by atoms with Crippen molar-refractivity contribution in [1.82, 2.24) is 5.32 Å². The number of hydrogen-bond acceptors (Lipinski definition) is 6. The average molecular weight is 398 g/mol. The molecule has 0 spiro atoms. The van der Waals surface area contributed by atoms with Crippen LogP contribution in [0.3, 0.4) is 0 Å². The molecule has 0 saturated carbocycles. The van der Waals surface area contributed by atoms with Crippen LogP contribution < -0.4 is 10.2 Å². The van der Waals surface area contributed by atoms with Crippen LogP contribution >= 0.6 is 0 Å². The Bertz CT molecular complexity index is 982. The number of benzene rings is 2. The zero-order chi connectivity index (χ0) is 20.8. The first kappa shape index (κ1) is 19.2. The lowest BCUT2D eigenvalue weighted by Crippen LogP contribution is -2.59. The summed E-state index contributed by atoms with van der Waals surface area (Å²) in [6.07, 6.45) is 0. The minimum absolute atomic E-state index is 0.367. The summed E-state index contributed by atoms with van der Waals surface area (Å²) in [7, 11) is 1.14. The van der Waals surface area contributed by atoms with Gasteiger partial charge in [0.25, 0.3) is 0 Å². The number of nitrogens with one attached hydrogen (secondary N) is 1. The van der Waals surface area contributed by atoms with Gasteiger partial charge in [-0.25, -0.2) is 14.1 Å². The van der Waals surface area contributed by atoms with Gasteiger partial charge in [0.05, 0.1) is 31.2 Å². The van der Waals surface area contributed by atoms with Crippen LogP contribution in [0.5, 0.6) is 0 Å². The number of imide groups is 1. The lowest BCUT2D eigenvalue weighted by atomic mass is 9.79. The number of hydrogen-bond donors (Lipinski definition) is 2. The fourth-order valence-corrected chi connectivity index (χ4v) is 4.40. The fraction of sp³-hybridized carbons (Fsp3) is 0.286. The summed E-state index contributed by atoms with van der Waals surface area (Å²) in [6.45, 7) is -0.756. The number of anilines is 1. The number of aliphatic hydroxyl groups excluding tert-OH is 1. The number of carbonyl (C=O) groups excluding carboxylic acids is 3. The minimum atomic E-state index is -1.81. The first-order chi connectivity index (χ1) is 13.9. The van der Waals surface area contributed by atoms with Crippen molar-refractivity contribution in [2.75, 3.05) is 18.6 Å². The van der Waals surface area contributed by atoms with Crippen molar-refractivity contribution in [3.63, 3.8) is 0 Å². The van der Waals surface area contributed by atoms with E-state index in [4.69, 9.17) is 4.74 Å². The molecule has 2 saturated heterocycles. The van der Waals surface area contributed by atoms with Crippen molar-refractivity contribution in [2.45, 2.75) is 11.6 Å². The monoisotopic (exact) mass is 398 g/mol. The molecular formula is C21H19FN2O5. The summed E-state index contributed by atoms with van der Waals surface area (Å²) in [6, 6.07) is 13.1. The molecule has 0 unspecified atom stereocenters. The number of nitrogens with zero attached hydrogens (tertiary/aromatic N) is 1. The number of ether oxygens (including phenoxy) is 1. The fourth-order valence-electron chi connectivity index (χ4n) is 4.40. The topological polar surface area (TPSA) is 95.9 Å². The predicted octanol–water partition coefficient (Wildman–Crippen LogP) is 1.18. The minimum Gasteiger partial charge on any atom is -0.468 e. The van der Waals surface area contributed by atoms with E-state index in [-0.39, 0.29) is 0 Å². The number of para-hydroxylation sites is 1. The van der Waals surface area contributed by atoms with Gasteiger partial charge in [-0.2, -0.15) is 0 Å². The number of aliphatic hydroxyl groups is 1. The molecule has 4 rings (SSSR count). The van der Waals surface area contributed by atoms with Crippen LogP contribution in [0, 0.1) is 17.7 Å². The lowest BCUT2D eigenvalue weighted by Gasteiger charge is -2.30. The van der Waals surface area contributed by atoms with Gasteiger partial charge in [-0.3, -0.25) is 14.9 Å². The Hall–Kier alpha value is -3.10. The van der Waals surface area contributed by atoms with Crippen molar-refractivity contribution in [2.24, 2.45) is 11.8 Å². The molecule has 2 aromatic rings. The third-order valence-corrected chi connectivity index (χ3v) is 5.68. The van der Waals surface area contributed by atoms with Crippen LogP contribution in [0.25, 0.3) is 0 Å². The van der Waals surface area contributed by atoms with E-state index in [2.05, 4.69) is 5.32 Å². The Morgan fingerprint density at radius 1 is 1.17 bits per heavy atom. The van der Waals surface area contributed by atoms with Crippen LogP contribution in [-0.4, -0.2) is 42.1 Å². The molecule has 0 aliphatic carbocycles. The van der Waals surface area contributed by atoms with Gasteiger partial charge in [0.2, 0.25) is 11.8 Å². The summed E-state index contributed by atoms with van der Waals surface area (Å²) in [5.74, 6) is -4.71. The first-order valence-corrected chi connectivity index (χ1v) is 9.10. The van der Waals surface area contributed by atoms with E-state index in [1.807, 2.05) is 0 Å². The molecule has 0 aromatic heterocycles. The summed E-state index contributed by atoms with van der Waals surface area (Å²) in [4.78, 5) is 40.3. The van der Waals surface area contributed by atoms with Crippen LogP contribution in [0.15, 0.2) is 54.6 Å². The number of amides is 2. The third-order valence-electron chi connectivity index (χ3n) is 5.68. The molecule has 0 radical (unpaired) electrons. The van der Waals surface area contributed by atoms with Gasteiger partial charge >= 0.3 is 5.97 Å². The second-order valence-corrected chi connectivity index (χ2v) is 7.15. The summed E-state index contributed by atoms with van der Waals surface area (Å²) in [5, 5.41) is 13.0. The molecular weight excluding hydrogens is 379 g/mol. The smallest absolute Gasteiger partial charge is 0.329 e. The second-order valence-electron chi connectivity index (χ2n) is 7.15. The van der Waals surface area contributed by atoms with Gasteiger partial charge in [-0.05, 0) is 29.8 Å². The molecule has 2 fully saturated rings. The zero-order valence-electron chi connectivity index (χ0n) is 15.5. The van der Waals surface area contributed by atoms with Crippen molar-refractivity contribution in [1.29, 1.82) is 0 Å². The van der Waals surface area contributed by atoms with E-state index in [0.29, 0.717) is 11.3 Å². The van der Waals surface area contributed by atoms with E-state index in [0.717, 1.165) is 12.0 Å².